The number of nitrogens with zero attached hydrogens (tertiary/aromatic N) is 3. The van der Waals surface area contributed by atoms with Crippen LogP contribution >= 0.6 is 0 Å². The summed E-state index contributed by atoms with van der Waals surface area (Å²) in [6.07, 6.45) is 3.58. The van der Waals surface area contributed by atoms with Crippen molar-refractivity contribution in [1.82, 2.24) is 9.97 Å². The van der Waals surface area contributed by atoms with E-state index in [4.69, 9.17) is 16.9 Å². The number of benzene rings is 1. The lowest BCUT2D eigenvalue weighted by molar-refractivity contribution is 0.258. The zero-order valence-corrected chi connectivity index (χ0v) is 15.2. The number of hydrogen-bond acceptors (Lipinski definition) is 6. The van der Waals surface area contributed by atoms with Crippen molar-refractivity contribution >= 4 is 17.3 Å². The van der Waals surface area contributed by atoms with Crippen molar-refractivity contribution in [3.05, 3.63) is 47.0 Å². The molecule has 7 heteroatoms. The van der Waals surface area contributed by atoms with Crippen molar-refractivity contribution in [2.45, 2.75) is 26.7 Å². The summed E-state index contributed by atoms with van der Waals surface area (Å²) in [4.78, 5) is 10.9. The van der Waals surface area contributed by atoms with Crippen LogP contribution in [0, 0.1) is 23.6 Å². The SMILES string of the molecule is Cc1cccc(C(=N)c2ncc(N3CCC(C)(CN)CC3)nc2N)c1F. The van der Waals surface area contributed by atoms with Crippen molar-refractivity contribution in [3.63, 3.8) is 0 Å². The molecule has 138 valence electrons. The Kier molecular flexibility index (Phi) is 4.91. The molecule has 0 atom stereocenters. The number of rotatable bonds is 4. The summed E-state index contributed by atoms with van der Waals surface area (Å²) in [6, 6.07) is 4.93. The minimum atomic E-state index is -0.431. The Morgan fingerprint density at radius 1 is 1.35 bits per heavy atom. The molecule has 0 bridgehead atoms. The first kappa shape index (κ1) is 18.3. The van der Waals surface area contributed by atoms with Crippen LogP contribution in [0.5, 0.6) is 0 Å². The van der Waals surface area contributed by atoms with Gasteiger partial charge in [-0.3, -0.25) is 5.41 Å². The molecule has 1 saturated heterocycles. The Hall–Kier alpha value is -2.54. The lowest BCUT2D eigenvalue weighted by Crippen LogP contribution is -2.42. The molecule has 0 amide bonds. The second-order valence-electron chi connectivity index (χ2n) is 7.28. The molecule has 1 aliphatic heterocycles. The van der Waals surface area contributed by atoms with Crippen molar-refractivity contribution in [2.24, 2.45) is 11.1 Å². The highest BCUT2D eigenvalue weighted by Gasteiger charge is 2.29. The topological polar surface area (TPSA) is 105 Å². The van der Waals surface area contributed by atoms with E-state index in [1.807, 2.05) is 0 Å². The smallest absolute Gasteiger partial charge is 0.154 e. The Morgan fingerprint density at radius 2 is 2.04 bits per heavy atom. The number of nitrogens with two attached hydrogens (primary N) is 2. The van der Waals surface area contributed by atoms with Gasteiger partial charge in [-0.2, -0.15) is 0 Å². The molecule has 2 heterocycles. The predicted octanol–water partition coefficient (Wildman–Crippen LogP) is 2.49. The van der Waals surface area contributed by atoms with E-state index in [9.17, 15) is 4.39 Å². The van der Waals surface area contributed by atoms with Gasteiger partial charge in [0.2, 0.25) is 0 Å². The second-order valence-corrected chi connectivity index (χ2v) is 7.28. The first-order valence-electron chi connectivity index (χ1n) is 8.76. The van der Waals surface area contributed by atoms with E-state index in [0.29, 0.717) is 17.9 Å². The number of nitrogens with one attached hydrogen (secondary N) is 1. The van der Waals surface area contributed by atoms with Gasteiger partial charge < -0.3 is 16.4 Å². The third-order valence-electron chi connectivity index (χ3n) is 5.27. The number of anilines is 2. The molecule has 0 saturated carbocycles. The molecule has 0 radical (unpaired) electrons. The maximum Gasteiger partial charge on any atom is 0.154 e. The highest BCUT2D eigenvalue weighted by molar-refractivity contribution is 6.12. The molecular weight excluding hydrogens is 331 g/mol. The quantitative estimate of drug-likeness (QED) is 0.730. The van der Waals surface area contributed by atoms with Crippen LogP contribution in [0.1, 0.15) is 36.6 Å². The van der Waals surface area contributed by atoms with Crippen molar-refractivity contribution in [2.75, 3.05) is 30.3 Å². The molecule has 0 unspecified atom stereocenters. The van der Waals surface area contributed by atoms with Crippen LogP contribution in [-0.4, -0.2) is 35.3 Å². The molecule has 6 nitrogen and oxygen atoms in total. The first-order valence-corrected chi connectivity index (χ1v) is 8.76. The van der Waals surface area contributed by atoms with Gasteiger partial charge in [-0.1, -0.05) is 19.1 Å². The molecule has 1 aromatic carbocycles. The van der Waals surface area contributed by atoms with Gasteiger partial charge in [0, 0.05) is 18.7 Å². The molecule has 3 rings (SSSR count). The molecule has 1 aliphatic rings. The minimum absolute atomic E-state index is 0.0582. The Balaban J connectivity index is 1.82. The normalized spacial score (nSPS) is 16.5. The third kappa shape index (κ3) is 3.39. The van der Waals surface area contributed by atoms with Crippen molar-refractivity contribution in [1.29, 1.82) is 5.41 Å². The molecule has 0 aliphatic carbocycles. The van der Waals surface area contributed by atoms with Crippen LogP contribution < -0.4 is 16.4 Å². The van der Waals surface area contributed by atoms with Gasteiger partial charge >= 0.3 is 0 Å². The van der Waals surface area contributed by atoms with Gasteiger partial charge in [0.1, 0.15) is 17.3 Å². The van der Waals surface area contributed by atoms with E-state index < -0.39 is 5.82 Å². The van der Waals surface area contributed by atoms with Crippen LogP contribution in [0.3, 0.4) is 0 Å². The number of piperidine rings is 1. The summed E-state index contributed by atoms with van der Waals surface area (Å²) in [5, 5.41) is 8.29. The lowest BCUT2D eigenvalue weighted by atomic mass is 9.80. The first-order chi connectivity index (χ1) is 12.3. The van der Waals surface area contributed by atoms with Crippen LogP contribution in [-0.2, 0) is 0 Å². The number of hydrogen-bond donors (Lipinski definition) is 3. The highest BCUT2D eigenvalue weighted by Crippen LogP contribution is 2.31. The van der Waals surface area contributed by atoms with Gasteiger partial charge in [0.25, 0.3) is 0 Å². The number of aryl methyl sites for hydroxylation is 1. The third-order valence-corrected chi connectivity index (χ3v) is 5.27. The highest BCUT2D eigenvalue weighted by atomic mass is 19.1. The van der Waals surface area contributed by atoms with Crippen molar-refractivity contribution < 1.29 is 4.39 Å². The maximum absolute atomic E-state index is 14.3. The van der Waals surface area contributed by atoms with Gasteiger partial charge in [0.15, 0.2) is 5.82 Å². The number of aromatic nitrogens is 2. The summed E-state index contributed by atoms with van der Waals surface area (Å²) >= 11 is 0. The summed E-state index contributed by atoms with van der Waals surface area (Å²) < 4.78 is 14.3. The van der Waals surface area contributed by atoms with E-state index in [-0.39, 0.29) is 28.2 Å². The molecule has 1 aromatic heterocycles. The predicted molar refractivity (Wildman–Crippen MR) is 102 cm³/mol. The molecule has 2 aromatic rings. The summed E-state index contributed by atoms with van der Waals surface area (Å²) in [6.45, 7) is 6.21. The van der Waals surface area contributed by atoms with Gasteiger partial charge in [-0.15, -0.1) is 0 Å². The monoisotopic (exact) mass is 356 g/mol. The number of nitrogen functional groups attached to an aromatic ring is 1. The minimum Gasteiger partial charge on any atom is -0.382 e. The number of halogens is 1. The van der Waals surface area contributed by atoms with Gasteiger partial charge in [-0.25, -0.2) is 14.4 Å². The van der Waals surface area contributed by atoms with E-state index in [2.05, 4.69) is 21.8 Å². The average Bonchev–Trinajstić information content (AvgIpc) is 2.64. The zero-order chi connectivity index (χ0) is 18.9. The maximum atomic E-state index is 14.3. The Bertz CT molecular complexity index is 827. The fourth-order valence-electron chi connectivity index (χ4n) is 3.19. The van der Waals surface area contributed by atoms with Crippen LogP contribution in [0.2, 0.25) is 0 Å². The second kappa shape index (κ2) is 6.99. The van der Waals surface area contributed by atoms with Crippen LogP contribution in [0.15, 0.2) is 24.4 Å². The molecule has 26 heavy (non-hydrogen) atoms. The van der Waals surface area contributed by atoms with Crippen molar-refractivity contribution in [3.8, 4) is 0 Å². The Morgan fingerprint density at radius 3 is 2.65 bits per heavy atom. The van der Waals surface area contributed by atoms with Crippen LogP contribution in [0.25, 0.3) is 0 Å². The van der Waals surface area contributed by atoms with E-state index in [1.165, 1.54) is 0 Å². The van der Waals surface area contributed by atoms with E-state index in [0.717, 1.165) is 25.9 Å². The lowest BCUT2D eigenvalue weighted by Gasteiger charge is -2.39. The largest absolute Gasteiger partial charge is 0.382 e. The van der Waals surface area contributed by atoms with E-state index in [1.54, 1.807) is 31.3 Å². The molecule has 5 N–H and O–H groups in total. The summed E-state index contributed by atoms with van der Waals surface area (Å²) in [5.41, 5.74) is 12.9. The molecule has 0 spiro atoms. The van der Waals surface area contributed by atoms with Gasteiger partial charge in [-0.05, 0) is 43.4 Å². The van der Waals surface area contributed by atoms with E-state index >= 15 is 0 Å². The molecule has 1 fully saturated rings. The standard InChI is InChI=1S/C19H25FN6/c1-12-4-3-5-13(15(12)20)16(22)17-18(23)25-14(10-24-17)26-8-6-19(2,11-21)7-9-26/h3-5,10,22H,6-9,11,21H2,1-2H3,(H2,23,25). The molecular formula is C19H25FN6. The Labute approximate surface area is 152 Å². The van der Waals surface area contributed by atoms with Crippen LogP contribution in [0.4, 0.5) is 16.0 Å². The van der Waals surface area contributed by atoms with Gasteiger partial charge in [0.05, 0.1) is 11.9 Å². The fraction of sp³-hybridized carbons (Fsp3) is 0.421. The average molecular weight is 356 g/mol. The summed E-state index contributed by atoms with van der Waals surface area (Å²) in [5.74, 6) is 0.392. The summed E-state index contributed by atoms with van der Waals surface area (Å²) in [7, 11) is 0. The fourth-order valence-corrected chi connectivity index (χ4v) is 3.19. The zero-order valence-electron chi connectivity index (χ0n) is 15.2.